The van der Waals surface area contributed by atoms with Crippen molar-refractivity contribution in [2.45, 2.75) is 0 Å². The smallest absolute Gasteiger partial charge is 0.356 e. The summed E-state index contributed by atoms with van der Waals surface area (Å²) < 4.78 is 0. The Bertz CT molecular complexity index is 853. The van der Waals surface area contributed by atoms with E-state index in [2.05, 4.69) is 15.1 Å². The van der Waals surface area contributed by atoms with Crippen LogP contribution in [0.1, 0.15) is 21.7 Å². The molecule has 0 aliphatic carbocycles. The van der Waals surface area contributed by atoms with E-state index in [0.717, 1.165) is 18.5 Å². The van der Waals surface area contributed by atoms with E-state index in [4.69, 9.17) is 5.11 Å². The van der Waals surface area contributed by atoms with Gasteiger partial charge in [0.1, 0.15) is 6.07 Å². The van der Waals surface area contributed by atoms with Crippen molar-refractivity contribution in [3.63, 3.8) is 0 Å². The van der Waals surface area contributed by atoms with Crippen LogP contribution in [0.15, 0.2) is 29.7 Å². The minimum atomic E-state index is -1.25. The number of carbonyl (C=O) groups is 1. The number of nitrogens with zero attached hydrogens (tertiary/aromatic N) is 4. The van der Waals surface area contributed by atoms with Gasteiger partial charge in [-0.25, -0.2) is 9.78 Å². The van der Waals surface area contributed by atoms with E-state index in [1.807, 2.05) is 6.07 Å². The van der Waals surface area contributed by atoms with Crippen LogP contribution in [0, 0.1) is 16.2 Å². The van der Waals surface area contributed by atoms with Gasteiger partial charge in [-0.3, -0.25) is 4.98 Å². The number of carboxylic acids is 1. The number of nitroso groups, excluding NO2 is 1. The third-order valence-electron chi connectivity index (χ3n) is 2.77. The number of carboxylic acid groups (broad SMARTS) is 1. The lowest BCUT2D eigenvalue weighted by Crippen LogP contribution is -2.02. The maximum absolute atomic E-state index is 10.7. The van der Waals surface area contributed by atoms with Crippen molar-refractivity contribution in [1.82, 2.24) is 9.97 Å². The van der Waals surface area contributed by atoms with E-state index >= 15 is 0 Å². The van der Waals surface area contributed by atoms with E-state index in [-0.39, 0.29) is 28.2 Å². The van der Waals surface area contributed by atoms with Crippen molar-refractivity contribution in [2.75, 3.05) is 0 Å². The lowest BCUT2D eigenvalue weighted by molar-refractivity contribution is 0.0690. The number of hydrogen-bond acceptors (Lipinski definition) is 8. The zero-order chi connectivity index (χ0) is 17.0. The topological polar surface area (TPSA) is 157 Å². The fourth-order valence-corrected chi connectivity index (χ4v) is 1.69. The molecule has 0 fully saturated rings. The van der Waals surface area contributed by atoms with Crippen LogP contribution >= 0.6 is 0 Å². The van der Waals surface area contributed by atoms with E-state index in [1.165, 1.54) is 12.1 Å². The summed E-state index contributed by atoms with van der Waals surface area (Å²) in [5, 5.41) is 39.4. The molecule has 0 saturated carbocycles. The molecule has 0 radical (unpaired) electrons. The summed E-state index contributed by atoms with van der Waals surface area (Å²) in [7, 11) is 0. The Morgan fingerprint density at radius 3 is 2.39 bits per heavy atom. The molecule has 0 atom stereocenters. The van der Waals surface area contributed by atoms with Crippen LogP contribution in [0.4, 0.5) is 5.69 Å². The van der Waals surface area contributed by atoms with Crippen LogP contribution in [-0.2, 0) is 0 Å². The Kier molecular flexibility index (Phi) is 4.28. The predicted octanol–water partition coefficient (Wildman–Crippen LogP) is 2.05. The van der Waals surface area contributed by atoms with Crippen molar-refractivity contribution in [1.29, 1.82) is 5.26 Å². The molecule has 0 bridgehead atoms. The number of aromatic nitrogens is 2. The Balaban J connectivity index is 2.47. The Labute approximate surface area is 128 Å². The summed E-state index contributed by atoms with van der Waals surface area (Å²) in [5.74, 6) is -2.49. The first kappa shape index (κ1) is 15.6. The summed E-state index contributed by atoms with van der Waals surface area (Å²) in [5.41, 5.74) is -0.334. The van der Waals surface area contributed by atoms with Gasteiger partial charge in [-0.2, -0.15) is 5.26 Å². The highest BCUT2D eigenvalue weighted by Crippen LogP contribution is 2.37. The average Bonchev–Trinajstić information content (AvgIpc) is 2.55. The summed E-state index contributed by atoms with van der Waals surface area (Å²) in [4.78, 5) is 28.7. The highest BCUT2D eigenvalue weighted by molar-refractivity contribution is 5.90. The third kappa shape index (κ3) is 3.27. The summed E-state index contributed by atoms with van der Waals surface area (Å²) in [6, 6.07) is 4.14. The fourth-order valence-electron chi connectivity index (χ4n) is 1.69. The first-order valence-corrected chi connectivity index (χ1v) is 6.03. The molecule has 1 aromatic heterocycles. The number of benzene rings is 1. The van der Waals surface area contributed by atoms with Gasteiger partial charge < -0.3 is 15.3 Å². The third-order valence-corrected chi connectivity index (χ3v) is 2.77. The van der Waals surface area contributed by atoms with Crippen molar-refractivity contribution in [3.05, 3.63) is 46.4 Å². The molecule has 23 heavy (non-hydrogen) atoms. The highest BCUT2D eigenvalue weighted by atomic mass is 16.4. The monoisotopic (exact) mass is 312 g/mol. The summed E-state index contributed by atoms with van der Waals surface area (Å²) >= 11 is 0. The van der Waals surface area contributed by atoms with E-state index in [9.17, 15) is 25.2 Å². The van der Waals surface area contributed by atoms with E-state index in [0.29, 0.717) is 0 Å². The predicted molar refractivity (Wildman–Crippen MR) is 77.7 cm³/mol. The molecular formula is C14H8N4O5. The molecule has 1 heterocycles. The number of phenolic OH excluding ortho intramolecular Hbond substituents is 2. The number of phenols is 2. The van der Waals surface area contributed by atoms with Crippen LogP contribution in [-0.4, -0.2) is 31.3 Å². The van der Waals surface area contributed by atoms with Crippen LogP contribution in [0.2, 0.25) is 0 Å². The maximum atomic E-state index is 10.7. The molecule has 0 unspecified atom stereocenters. The van der Waals surface area contributed by atoms with Gasteiger partial charge in [0.2, 0.25) is 0 Å². The molecule has 0 aliphatic rings. The molecule has 0 saturated heterocycles. The van der Waals surface area contributed by atoms with Crippen LogP contribution in [0.25, 0.3) is 11.6 Å². The molecule has 0 aliphatic heterocycles. The SMILES string of the molecule is N#C/C(=C\c1cc(O)c(O)c(N=O)c1)c1cnc(C(=O)O)cn1. The van der Waals surface area contributed by atoms with Gasteiger partial charge in [-0.15, -0.1) is 4.91 Å². The van der Waals surface area contributed by atoms with Gasteiger partial charge in [0.25, 0.3) is 0 Å². The van der Waals surface area contributed by atoms with Gasteiger partial charge >= 0.3 is 5.97 Å². The molecule has 9 nitrogen and oxygen atoms in total. The summed E-state index contributed by atoms with van der Waals surface area (Å²) in [6.45, 7) is 0. The Hall–Kier alpha value is -3.80. The second-order valence-electron chi connectivity index (χ2n) is 4.26. The lowest BCUT2D eigenvalue weighted by Gasteiger charge is -2.03. The van der Waals surface area contributed by atoms with Gasteiger partial charge in [0.05, 0.1) is 23.7 Å². The van der Waals surface area contributed by atoms with Crippen LogP contribution in [0.5, 0.6) is 11.5 Å². The standard InChI is InChI=1S/C14H8N4O5/c15-4-8(10-5-17-11(6-16-10)14(21)22)1-7-2-9(18-23)13(20)12(19)3-7/h1-3,5-6,19-20H,(H,21,22)/b8-1+. The van der Waals surface area contributed by atoms with Gasteiger partial charge in [-0.1, -0.05) is 0 Å². The lowest BCUT2D eigenvalue weighted by atomic mass is 10.1. The molecule has 0 spiro atoms. The molecule has 1 aromatic carbocycles. The largest absolute Gasteiger partial charge is 0.504 e. The normalized spacial score (nSPS) is 10.8. The number of allylic oxidation sites excluding steroid dienone is 1. The second kappa shape index (κ2) is 6.31. The summed E-state index contributed by atoms with van der Waals surface area (Å²) in [6.07, 6.45) is 3.38. The van der Waals surface area contributed by atoms with E-state index < -0.39 is 17.5 Å². The zero-order valence-electron chi connectivity index (χ0n) is 11.3. The second-order valence-corrected chi connectivity index (χ2v) is 4.26. The van der Waals surface area contributed by atoms with Gasteiger partial charge in [0, 0.05) is 0 Å². The molecule has 2 aromatic rings. The minimum Gasteiger partial charge on any atom is -0.504 e. The number of rotatable bonds is 4. The minimum absolute atomic E-state index is 0.0105. The number of nitriles is 1. The molecule has 2 rings (SSSR count). The van der Waals surface area contributed by atoms with Crippen molar-refractivity contribution in [2.24, 2.45) is 5.18 Å². The average molecular weight is 312 g/mol. The van der Waals surface area contributed by atoms with Crippen LogP contribution in [0.3, 0.4) is 0 Å². The van der Waals surface area contributed by atoms with Crippen molar-refractivity contribution < 1.29 is 20.1 Å². The quantitative estimate of drug-likeness (QED) is 0.439. The molecule has 3 N–H and O–H groups in total. The van der Waals surface area contributed by atoms with Crippen molar-refractivity contribution in [3.8, 4) is 17.6 Å². The molecule has 9 heteroatoms. The zero-order valence-corrected chi connectivity index (χ0v) is 11.3. The van der Waals surface area contributed by atoms with E-state index in [1.54, 1.807) is 0 Å². The number of hydrogen-bond donors (Lipinski definition) is 3. The number of aromatic hydroxyl groups is 2. The first-order valence-electron chi connectivity index (χ1n) is 6.03. The van der Waals surface area contributed by atoms with Gasteiger partial charge in [-0.05, 0) is 28.9 Å². The van der Waals surface area contributed by atoms with Gasteiger partial charge in [0.15, 0.2) is 22.9 Å². The fraction of sp³-hybridized carbons (Fsp3) is 0. The Morgan fingerprint density at radius 2 is 1.87 bits per heavy atom. The number of aromatic carboxylic acids is 1. The van der Waals surface area contributed by atoms with Crippen molar-refractivity contribution >= 4 is 23.3 Å². The maximum Gasteiger partial charge on any atom is 0.356 e. The van der Waals surface area contributed by atoms with Crippen LogP contribution < -0.4 is 0 Å². The Morgan fingerprint density at radius 1 is 1.22 bits per heavy atom. The first-order chi connectivity index (χ1) is 11.0. The molecular weight excluding hydrogens is 304 g/mol. The molecule has 0 amide bonds. The molecule has 114 valence electrons. The highest BCUT2D eigenvalue weighted by Gasteiger charge is 2.11.